The predicted molar refractivity (Wildman–Crippen MR) is 120 cm³/mol. The van der Waals surface area contributed by atoms with Gasteiger partial charge in [-0.2, -0.15) is 9.47 Å². The molecule has 0 aromatic carbocycles. The summed E-state index contributed by atoms with van der Waals surface area (Å²) in [4.78, 5) is 10.6. The molecule has 4 N–H and O–H groups in total. The third kappa shape index (κ3) is 3.77. The quantitative estimate of drug-likeness (QED) is 0.339. The summed E-state index contributed by atoms with van der Waals surface area (Å²) in [5.41, 5.74) is 3.34. The second-order valence-electron chi connectivity index (χ2n) is 8.30. The number of aromatic nitrogens is 6. The molecule has 0 unspecified atom stereocenters. The van der Waals surface area contributed by atoms with Crippen molar-refractivity contribution in [3.8, 4) is 5.69 Å². The molecule has 4 aromatic rings. The van der Waals surface area contributed by atoms with Gasteiger partial charge >= 0.3 is 0 Å². The molecule has 32 heavy (non-hydrogen) atoms. The molecule has 1 aliphatic carbocycles. The van der Waals surface area contributed by atoms with Crippen LogP contribution in [0.5, 0.6) is 0 Å². The van der Waals surface area contributed by atoms with Crippen molar-refractivity contribution in [1.82, 2.24) is 28.7 Å². The van der Waals surface area contributed by atoms with Crippen molar-refractivity contribution in [1.29, 1.82) is 0 Å². The summed E-state index contributed by atoms with van der Waals surface area (Å²) in [5.74, 6) is 0.818. The van der Waals surface area contributed by atoms with Crippen LogP contribution >= 0.6 is 11.5 Å². The fourth-order valence-corrected chi connectivity index (χ4v) is 5.03. The van der Waals surface area contributed by atoms with E-state index in [2.05, 4.69) is 14.8 Å². The summed E-state index contributed by atoms with van der Waals surface area (Å²) in [6.45, 7) is 1.77. The van der Waals surface area contributed by atoms with E-state index in [4.69, 9.17) is 9.97 Å². The maximum Gasteiger partial charge on any atom is 0.155 e. The summed E-state index contributed by atoms with van der Waals surface area (Å²) in [5, 5.41) is 37.9. The molecule has 168 valence electrons. The lowest BCUT2D eigenvalue weighted by molar-refractivity contribution is 0.00446. The molecule has 0 saturated heterocycles. The number of hydrogen-bond donors (Lipinski definition) is 4. The van der Waals surface area contributed by atoms with Crippen LogP contribution < -0.4 is 5.32 Å². The summed E-state index contributed by atoms with van der Waals surface area (Å²) >= 11 is 1.43. The molecule has 1 saturated carbocycles. The molecule has 5 rings (SSSR count). The van der Waals surface area contributed by atoms with Gasteiger partial charge in [0, 0.05) is 43.3 Å². The maximum absolute atomic E-state index is 10.5. The van der Waals surface area contributed by atoms with Crippen LogP contribution in [0.15, 0.2) is 30.7 Å². The summed E-state index contributed by atoms with van der Waals surface area (Å²) in [6, 6.07) is 3.50. The minimum absolute atomic E-state index is 0.183. The van der Waals surface area contributed by atoms with Gasteiger partial charge in [-0.25, -0.2) is 9.97 Å². The average molecular weight is 456 g/mol. The van der Waals surface area contributed by atoms with Crippen molar-refractivity contribution in [2.75, 3.05) is 11.9 Å². The van der Waals surface area contributed by atoms with Gasteiger partial charge in [0.05, 0.1) is 35.2 Å². The minimum atomic E-state index is -1.01. The monoisotopic (exact) mass is 455 g/mol. The number of rotatable bonds is 6. The van der Waals surface area contributed by atoms with E-state index in [0.717, 1.165) is 27.3 Å². The van der Waals surface area contributed by atoms with Gasteiger partial charge in [0.1, 0.15) is 17.4 Å². The molecular formula is C21H25N7O3S. The van der Waals surface area contributed by atoms with E-state index in [-0.39, 0.29) is 12.5 Å². The molecule has 10 nitrogen and oxygen atoms in total. The van der Waals surface area contributed by atoms with Crippen molar-refractivity contribution in [2.45, 2.75) is 38.0 Å². The Morgan fingerprint density at radius 3 is 2.75 bits per heavy atom. The van der Waals surface area contributed by atoms with E-state index in [0.29, 0.717) is 24.5 Å². The fourth-order valence-electron chi connectivity index (χ4n) is 4.30. The molecule has 11 heteroatoms. The Labute approximate surface area is 188 Å². The van der Waals surface area contributed by atoms with Gasteiger partial charge in [0.25, 0.3) is 0 Å². The highest BCUT2D eigenvalue weighted by Gasteiger charge is 2.41. The first-order valence-electron chi connectivity index (χ1n) is 10.5. The van der Waals surface area contributed by atoms with Crippen molar-refractivity contribution < 1.29 is 15.3 Å². The van der Waals surface area contributed by atoms with Gasteiger partial charge in [-0.1, -0.05) is 0 Å². The lowest BCUT2D eigenvalue weighted by atomic mass is 10.1. The Bertz CT molecular complexity index is 1250. The largest absolute Gasteiger partial charge is 0.396 e. The second-order valence-corrected chi connectivity index (χ2v) is 9.19. The number of aryl methyl sites for hydroxylation is 2. The van der Waals surface area contributed by atoms with E-state index >= 15 is 0 Å². The van der Waals surface area contributed by atoms with Crippen LogP contribution in [-0.4, -0.2) is 68.9 Å². The smallest absolute Gasteiger partial charge is 0.155 e. The van der Waals surface area contributed by atoms with Gasteiger partial charge in [0.2, 0.25) is 0 Å². The van der Waals surface area contributed by atoms with Crippen LogP contribution in [0.3, 0.4) is 0 Å². The SMILES string of the molecule is Cc1cc(Cc2nc(N[C@@H]3C[C@H](CO)[C@@H](O)[C@H]3O)c3c(ccn3-c3cnn(C)c3)n2)sn1. The summed E-state index contributed by atoms with van der Waals surface area (Å²) in [7, 11) is 1.85. The van der Waals surface area contributed by atoms with Gasteiger partial charge < -0.3 is 25.2 Å². The first kappa shape index (κ1) is 21.0. The maximum atomic E-state index is 10.5. The lowest BCUT2D eigenvalue weighted by Gasteiger charge is -2.20. The zero-order valence-electron chi connectivity index (χ0n) is 17.8. The summed E-state index contributed by atoms with van der Waals surface area (Å²) in [6.07, 6.45) is 4.55. The molecule has 4 aromatic heterocycles. The van der Waals surface area contributed by atoms with Crippen LogP contribution in [0.4, 0.5) is 5.82 Å². The first-order chi connectivity index (χ1) is 15.4. The lowest BCUT2D eigenvalue weighted by Crippen LogP contribution is -2.35. The Hall–Kier alpha value is -2.86. The van der Waals surface area contributed by atoms with Crippen molar-refractivity contribution >= 4 is 28.4 Å². The zero-order chi connectivity index (χ0) is 22.4. The number of nitrogens with zero attached hydrogens (tertiary/aromatic N) is 6. The molecular weight excluding hydrogens is 430 g/mol. The highest BCUT2D eigenvalue weighted by Crippen LogP contribution is 2.32. The average Bonchev–Trinajstić information content (AvgIpc) is 3.53. The number of anilines is 1. The molecule has 0 spiro atoms. The molecule has 0 aliphatic heterocycles. The number of hydrogen-bond acceptors (Lipinski definition) is 9. The standard InChI is InChI=1S/C21H25N7O3S/c1-11-5-14(32-26-11)7-17-23-15-3-4-28(13-8-22-27(2)9-13)18(15)21(25-17)24-16-6-12(10-29)19(30)20(16)31/h3-5,8-9,12,16,19-20,29-31H,6-7,10H2,1-2H3,(H,23,24,25)/t12-,16-,19-,20+/m1/s1. The summed E-state index contributed by atoms with van der Waals surface area (Å²) < 4.78 is 8.01. The van der Waals surface area contributed by atoms with E-state index < -0.39 is 18.2 Å². The van der Waals surface area contributed by atoms with Crippen LogP contribution in [0.1, 0.15) is 22.8 Å². The molecule has 4 heterocycles. The van der Waals surface area contributed by atoms with Crippen LogP contribution in [0, 0.1) is 12.8 Å². The Balaban J connectivity index is 1.57. The van der Waals surface area contributed by atoms with Crippen LogP contribution in [-0.2, 0) is 13.5 Å². The van der Waals surface area contributed by atoms with E-state index in [9.17, 15) is 15.3 Å². The number of fused-ring (bicyclic) bond motifs is 1. The van der Waals surface area contributed by atoms with E-state index in [1.54, 1.807) is 10.9 Å². The van der Waals surface area contributed by atoms with Crippen LogP contribution in [0.2, 0.25) is 0 Å². The zero-order valence-corrected chi connectivity index (χ0v) is 18.6. The van der Waals surface area contributed by atoms with Crippen molar-refractivity contribution in [3.63, 3.8) is 0 Å². The van der Waals surface area contributed by atoms with Gasteiger partial charge in [-0.3, -0.25) is 4.68 Å². The third-order valence-electron chi connectivity index (χ3n) is 5.92. The third-order valence-corrected chi connectivity index (χ3v) is 6.79. The predicted octanol–water partition coefficient (Wildman–Crippen LogP) is 1.02. The van der Waals surface area contributed by atoms with Gasteiger partial charge in [-0.05, 0) is 37.0 Å². The van der Waals surface area contributed by atoms with Gasteiger partial charge in [0.15, 0.2) is 5.82 Å². The fraction of sp³-hybridized carbons (Fsp3) is 0.429. The molecule has 0 radical (unpaired) electrons. The number of aliphatic hydroxyl groups excluding tert-OH is 3. The van der Waals surface area contributed by atoms with Crippen LogP contribution in [0.25, 0.3) is 16.7 Å². The van der Waals surface area contributed by atoms with Crippen molar-refractivity contribution in [2.24, 2.45) is 13.0 Å². The Kier molecular flexibility index (Phi) is 5.41. The molecule has 4 atom stereocenters. The number of nitrogens with one attached hydrogen (secondary N) is 1. The normalized spacial score (nSPS) is 23.3. The molecule has 1 aliphatic rings. The highest BCUT2D eigenvalue weighted by molar-refractivity contribution is 7.05. The van der Waals surface area contributed by atoms with Gasteiger partial charge in [-0.15, -0.1) is 0 Å². The van der Waals surface area contributed by atoms with E-state index in [1.165, 1.54) is 11.5 Å². The Morgan fingerprint density at radius 1 is 1.25 bits per heavy atom. The highest BCUT2D eigenvalue weighted by atomic mass is 32.1. The topological polar surface area (TPSA) is 134 Å². The minimum Gasteiger partial charge on any atom is -0.396 e. The number of aliphatic hydroxyl groups is 3. The molecule has 0 bridgehead atoms. The Morgan fingerprint density at radius 2 is 2.09 bits per heavy atom. The molecule has 0 amide bonds. The van der Waals surface area contributed by atoms with E-state index in [1.807, 2.05) is 43.1 Å². The van der Waals surface area contributed by atoms with Crippen molar-refractivity contribution in [3.05, 3.63) is 47.1 Å². The second kappa shape index (κ2) is 8.24. The first-order valence-corrected chi connectivity index (χ1v) is 11.2. The molecule has 1 fully saturated rings.